The number of nitrogens with one attached hydrogen (secondary N) is 1. The topological polar surface area (TPSA) is 29.1 Å². The van der Waals surface area contributed by atoms with Crippen molar-refractivity contribution in [2.24, 2.45) is 5.92 Å². The summed E-state index contributed by atoms with van der Waals surface area (Å²) in [5.41, 5.74) is -0.317. The van der Waals surface area contributed by atoms with Crippen LogP contribution in [0.2, 0.25) is 0 Å². The molecular formula is C12H22ClNOS. The highest BCUT2D eigenvalue weighted by atomic mass is 35.5. The first kappa shape index (κ1) is 14.2. The van der Waals surface area contributed by atoms with Crippen molar-refractivity contribution in [2.75, 3.05) is 11.5 Å². The molecule has 4 heteroatoms. The van der Waals surface area contributed by atoms with Crippen molar-refractivity contribution in [2.45, 2.75) is 50.9 Å². The second-order valence-corrected chi connectivity index (χ2v) is 7.03. The molecule has 94 valence electrons. The van der Waals surface area contributed by atoms with Gasteiger partial charge in [0, 0.05) is 6.42 Å². The van der Waals surface area contributed by atoms with Gasteiger partial charge in [-0.25, -0.2) is 0 Å². The number of alkyl halides is 1. The molecule has 1 fully saturated rings. The van der Waals surface area contributed by atoms with E-state index in [0.29, 0.717) is 12.3 Å². The van der Waals surface area contributed by atoms with Gasteiger partial charge in [-0.15, -0.1) is 11.6 Å². The Hall–Kier alpha value is 0.110. The summed E-state index contributed by atoms with van der Waals surface area (Å²) >= 11 is 8.03. The van der Waals surface area contributed by atoms with Crippen molar-refractivity contribution in [3.05, 3.63) is 0 Å². The van der Waals surface area contributed by atoms with E-state index in [4.69, 9.17) is 11.6 Å². The van der Waals surface area contributed by atoms with Gasteiger partial charge in [-0.05, 0) is 51.0 Å². The molecule has 1 unspecified atom stereocenters. The highest BCUT2D eigenvalue weighted by Gasteiger charge is 2.27. The van der Waals surface area contributed by atoms with Gasteiger partial charge in [0.05, 0.1) is 10.9 Å². The molecule has 0 aromatic rings. The standard InChI is InChI=1S/C12H22ClNOS/c1-9(13)12(2,3)14-11(15)8-10-4-6-16-7-5-10/h9-10H,4-8H2,1-3H3,(H,14,15). The van der Waals surface area contributed by atoms with Crippen LogP contribution in [0.15, 0.2) is 0 Å². The van der Waals surface area contributed by atoms with E-state index in [2.05, 4.69) is 5.32 Å². The summed E-state index contributed by atoms with van der Waals surface area (Å²) in [6.07, 6.45) is 3.01. The van der Waals surface area contributed by atoms with Crippen LogP contribution in [0.3, 0.4) is 0 Å². The molecule has 0 aromatic heterocycles. The molecule has 0 bridgehead atoms. The number of thioether (sulfide) groups is 1. The second kappa shape index (κ2) is 6.15. The number of hydrogen-bond donors (Lipinski definition) is 1. The van der Waals surface area contributed by atoms with E-state index in [9.17, 15) is 4.79 Å². The van der Waals surface area contributed by atoms with Crippen molar-refractivity contribution in [3.63, 3.8) is 0 Å². The van der Waals surface area contributed by atoms with Crippen molar-refractivity contribution < 1.29 is 4.79 Å². The number of rotatable bonds is 4. The Morgan fingerprint density at radius 1 is 1.50 bits per heavy atom. The fourth-order valence-corrected chi connectivity index (χ4v) is 2.98. The van der Waals surface area contributed by atoms with Gasteiger partial charge >= 0.3 is 0 Å². The lowest BCUT2D eigenvalue weighted by Crippen LogP contribution is -2.49. The van der Waals surface area contributed by atoms with Gasteiger partial charge in [-0.3, -0.25) is 4.79 Å². The first-order chi connectivity index (χ1) is 7.42. The summed E-state index contributed by atoms with van der Waals surface area (Å²) in [4.78, 5) is 11.9. The average Bonchev–Trinajstić information content (AvgIpc) is 2.17. The highest BCUT2D eigenvalue weighted by molar-refractivity contribution is 7.99. The van der Waals surface area contributed by atoms with E-state index in [1.807, 2.05) is 32.5 Å². The van der Waals surface area contributed by atoms with Crippen LogP contribution in [-0.4, -0.2) is 28.3 Å². The monoisotopic (exact) mass is 263 g/mol. The Labute approximate surface area is 108 Å². The molecule has 2 nitrogen and oxygen atoms in total. The maximum atomic E-state index is 11.9. The predicted molar refractivity (Wildman–Crippen MR) is 72.2 cm³/mol. The number of hydrogen-bond acceptors (Lipinski definition) is 2. The Bertz CT molecular complexity index is 237. The van der Waals surface area contributed by atoms with E-state index >= 15 is 0 Å². The van der Waals surface area contributed by atoms with Crippen LogP contribution < -0.4 is 5.32 Å². The lowest BCUT2D eigenvalue weighted by Gasteiger charge is -2.30. The molecule has 0 aromatic carbocycles. The molecule has 0 saturated carbocycles. The zero-order valence-electron chi connectivity index (χ0n) is 10.4. The molecule has 0 aliphatic carbocycles. The smallest absolute Gasteiger partial charge is 0.220 e. The lowest BCUT2D eigenvalue weighted by atomic mass is 9.96. The van der Waals surface area contributed by atoms with Gasteiger partial charge in [-0.2, -0.15) is 11.8 Å². The van der Waals surface area contributed by atoms with Crippen LogP contribution in [-0.2, 0) is 4.79 Å². The molecule has 1 heterocycles. The predicted octanol–water partition coefficient (Wildman–Crippen LogP) is 3.04. The van der Waals surface area contributed by atoms with E-state index < -0.39 is 0 Å². The maximum Gasteiger partial charge on any atom is 0.220 e. The van der Waals surface area contributed by atoms with Crippen LogP contribution in [0.25, 0.3) is 0 Å². The molecule has 1 aliphatic heterocycles. The Morgan fingerprint density at radius 3 is 2.56 bits per heavy atom. The number of carbonyl (C=O) groups is 1. The summed E-state index contributed by atoms with van der Waals surface area (Å²) in [6, 6.07) is 0. The number of amides is 1. The third kappa shape index (κ3) is 4.54. The summed E-state index contributed by atoms with van der Waals surface area (Å²) in [5.74, 6) is 3.12. The van der Waals surface area contributed by atoms with Gasteiger partial charge in [0.25, 0.3) is 0 Å². The first-order valence-electron chi connectivity index (χ1n) is 5.94. The Balaban J connectivity index is 2.34. The van der Waals surface area contributed by atoms with Crippen LogP contribution in [0, 0.1) is 5.92 Å². The minimum absolute atomic E-state index is 0.0571. The van der Waals surface area contributed by atoms with Crippen LogP contribution in [0.4, 0.5) is 0 Å². The van der Waals surface area contributed by atoms with Crippen molar-refractivity contribution >= 4 is 29.3 Å². The molecule has 1 amide bonds. The van der Waals surface area contributed by atoms with Crippen LogP contribution >= 0.6 is 23.4 Å². The van der Waals surface area contributed by atoms with E-state index in [-0.39, 0.29) is 16.8 Å². The fraction of sp³-hybridized carbons (Fsp3) is 0.917. The molecule has 1 atom stereocenters. The van der Waals surface area contributed by atoms with Crippen LogP contribution in [0.5, 0.6) is 0 Å². The molecule has 0 radical (unpaired) electrons. The summed E-state index contributed by atoms with van der Waals surface area (Å²) in [5, 5.41) is 2.97. The zero-order valence-corrected chi connectivity index (χ0v) is 12.0. The normalized spacial score (nSPS) is 20.5. The molecule has 1 saturated heterocycles. The molecule has 1 rings (SSSR count). The largest absolute Gasteiger partial charge is 0.350 e. The minimum Gasteiger partial charge on any atom is -0.350 e. The SMILES string of the molecule is CC(Cl)C(C)(C)NC(=O)CC1CCSCC1. The quantitative estimate of drug-likeness (QED) is 0.790. The average molecular weight is 264 g/mol. The van der Waals surface area contributed by atoms with E-state index in [0.717, 1.165) is 0 Å². The third-order valence-corrected chi connectivity index (χ3v) is 4.87. The van der Waals surface area contributed by atoms with Crippen molar-refractivity contribution in [1.29, 1.82) is 0 Å². The third-order valence-electron chi connectivity index (χ3n) is 3.27. The summed E-state index contributed by atoms with van der Waals surface area (Å²) in [7, 11) is 0. The molecule has 16 heavy (non-hydrogen) atoms. The van der Waals surface area contributed by atoms with Gasteiger partial charge in [0.1, 0.15) is 0 Å². The van der Waals surface area contributed by atoms with Crippen molar-refractivity contribution in [3.8, 4) is 0 Å². The van der Waals surface area contributed by atoms with Gasteiger partial charge < -0.3 is 5.32 Å². The maximum absolute atomic E-state index is 11.9. The van der Waals surface area contributed by atoms with E-state index in [1.54, 1.807) is 0 Å². The Morgan fingerprint density at radius 2 is 2.06 bits per heavy atom. The fourth-order valence-electron chi connectivity index (χ4n) is 1.72. The second-order valence-electron chi connectivity index (χ2n) is 5.15. The van der Waals surface area contributed by atoms with Gasteiger partial charge in [0.15, 0.2) is 0 Å². The minimum atomic E-state index is -0.317. The molecule has 0 spiro atoms. The lowest BCUT2D eigenvalue weighted by molar-refractivity contribution is -0.123. The van der Waals surface area contributed by atoms with Gasteiger partial charge in [-0.1, -0.05) is 0 Å². The molecular weight excluding hydrogens is 242 g/mol. The zero-order chi connectivity index (χ0) is 12.2. The molecule has 1 aliphatic rings. The Kier molecular flexibility index (Phi) is 5.45. The summed E-state index contributed by atoms with van der Waals surface area (Å²) < 4.78 is 0. The number of halogens is 1. The van der Waals surface area contributed by atoms with Crippen molar-refractivity contribution in [1.82, 2.24) is 5.32 Å². The van der Waals surface area contributed by atoms with Gasteiger partial charge in [0.2, 0.25) is 5.91 Å². The first-order valence-corrected chi connectivity index (χ1v) is 7.54. The number of carbonyl (C=O) groups excluding carboxylic acids is 1. The summed E-state index contributed by atoms with van der Waals surface area (Å²) in [6.45, 7) is 5.86. The van der Waals surface area contributed by atoms with E-state index in [1.165, 1.54) is 24.3 Å². The molecule has 1 N–H and O–H groups in total. The van der Waals surface area contributed by atoms with Crippen LogP contribution in [0.1, 0.15) is 40.0 Å². The highest BCUT2D eigenvalue weighted by Crippen LogP contribution is 2.25.